The minimum atomic E-state index is 0.692. The van der Waals surface area contributed by atoms with E-state index in [1.165, 1.54) is 79.5 Å². The number of hydrogen-bond donors (Lipinski definition) is 1. The van der Waals surface area contributed by atoms with Gasteiger partial charge in [-0.1, -0.05) is 31.0 Å². The third-order valence-corrected chi connectivity index (χ3v) is 6.93. The molecule has 0 spiro atoms. The van der Waals surface area contributed by atoms with E-state index in [-0.39, 0.29) is 0 Å². The summed E-state index contributed by atoms with van der Waals surface area (Å²) in [6, 6.07) is 10.4. The fourth-order valence-electron chi connectivity index (χ4n) is 5.35. The Hall–Kier alpha value is -1.65. The van der Waals surface area contributed by atoms with Gasteiger partial charge in [0, 0.05) is 49.2 Å². The summed E-state index contributed by atoms with van der Waals surface area (Å²) in [6.07, 6.45) is 8.12. The van der Waals surface area contributed by atoms with E-state index in [0.717, 1.165) is 25.7 Å². The van der Waals surface area contributed by atoms with Crippen LogP contribution in [0.15, 0.2) is 24.3 Å². The maximum atomic E-state index is 5.23. The van der Waals surface area contributed by atoms with Gasteiger partial charge in [0.1, 0.15) is 5.82 Å². The van der Waals surface area contributed by atoms with Crippen LogP contribution in [0.3, 0.4) is 0 Å². The van der Waals surface area contributed by atoms with Gasteiger partial charge in [0.2, 0.25) is 0 Å². The summed E-state index contributed by atoms with van der Waals surface area (Å²) >= 11 is 0. The van der Waals surface area contributed by atoms with E-state index in [9.17, 15) is 0 Å². The second-order valence-corrected chi connectivity index (χ2v) is 8.76. The number of piperazine rings is 1. The Kier molecular flexibility index (Phi) is 4.78. The highest BCUT2D eigenvalue weighted by Gasteiger charge is 2.32. The Morgan fingerprint density at radius 1 is 1.07 bits per heavy atom. The summed E-state index contributed by atoms with van der Waals surface area (Å²) in [5.41, 5.74) is 3.83. The minimum absolute atomic E-state index is 0.692. The molecule has 5 rings (SSSR count). The largest absolute Gasteiger partial charge is 0.353 e. The molecule has 0 bridgehead atoms. The fraction of sp³-hybridized carbons (Fsp3) is 0.609. The van der Waals surface area contributed by atoms with E-state index in [1.54, 1.807) is 0 Å². The highest BCUT2D eigenvalue weighted by Crippen LogP contribution is 2.30. The van der Waals surface area contributed by atoms with Crippen LogP contribution in [-0.4, -0.2) is 48.1 Å². The number of hydrogen-bond acceptors (Lipinski definition) is 4. The van der Waals surface area contributed by atoms with Crippen LogP contribution >= 0.6 is 0 Å². The summed E-state index contributed by atoms with van der Waals surface area (Å²) < 4.78 is 0. The Bertz CT molecular complexity index is 811. The monoisotopic (exact) mass is 364 g/mol. The lowest BCUT2D eigenvalue weighted by molar-refractivity contribution is 0.230. The molecule has 144 valence electrons. The van der Waals surface area contributed by atoms with E-state index in [0.29, 0.717) is 6.04 Å². The number of rotatable bonds is 4. The highest BCUT2D eigenvalue weighted by molar-refractivity contribution is 5.84. The molecule has 1 saturated carbocycles. The molecule has 1 atom stereocenters. The van der Waals surface area contributed by atoms with Gasteiger partial charge in [-0.25, -0.2) is 4.98 Å². The van der Waals surface area contributed by atoms with Crippen molar-refractivity contribution in [1.82, 2.24) is 15.2 Å². The van der Waals surface area contributed by atoms with Crippen molar-refractivity contribution < 1.29 is 0 Å². The molecule has 2 aliphatic heterocycles. The van der Waals surface area contributed by atoms with E-state index >= 15 is 0 Å². The van der Waals surface area contributed by atoms with Gasteiger partial charge >= 0.3 is 0 Å². The van der Waals surface area contributed by atoms with Crippen molar-refractivity contribution in [1.29, 1.82) is 0 Å². The summed E-state index contributed by atoms with van der Waals surface area (Å²) in [6.45, 7) is 7.86. The smallest absolute Gasteiger partial charge is 0.133 e. The third kappa shape index (κ3) is 3.45. The second-order valence-electron chi connectivity index (χ2n) is 8.76. The lowest BCUT2D eigenvalue weighted by Crippen LogP contribution is -2.50. The molecule has 1 aliphatic carbocycles. The average molecular weight is 365 g/mol. The number of pyridine rings is 1. The molecule has 4 nitrogen and oxygen atoms in total. The predicted molar refractivity (Wildman–Crippen MR) is 112 cm³/mol. The van der Waals surface area contributed by atoms with Crippen LogP contribution in [0.25, 0.3) is 10.9 Å². The zero-order valence-corrected chi connectivity index (χ0v) is 16.6. The molecule has 0 amide bonds. The number of para-hydroxylation sites is 1. The quantitative estimate of drug-likeness (QED) is 0.893. The van der Waals surface area contributed by atoms with Crippen molar-refractivity contribution in [3.05, 3.63) is 35.4 Å². The Balaban J connectivity index is 1.47. The second kappa shape index (κ2) is 7.40. The number of benzene rings is 1. The van der Waals surface area contributed by atoms with E-state index in [4.69, 9.17) is 4.98 Å². The lowest BCUT2D eigenvalue weighted by atomic mass is 10.1. The van der Waals surface area contributed by atoms with Gasteiger partial charge in [-0.15, -0.1) is 0 Å². The molecule has 1 aromatic heterocycles. The minimum Gasteiger partial charge on any atom is -0.353 e. The van der Waals surface area contributed by atoms with Crippen LogP contribution in [0.1, 0.15) is 49.7 Å². The SMILES string of the molecule is Cc1cccc2cc(CNC3CCCC3)c(N3CCN4CCCC4C3)nc12. The van der Waals surface area contributed by atoms with Crippen LogP contribution in [0.4, 0.5) is 5.82 Å². The van der Waals surface area contributed by atoms with E-state index in [1.807, 2.05) is 0 Å². The Morgan fingerprint density at radius 2 is 1.96 bits per heavy atom. The van der Waals surface area contributed by atoms with Gasteiger partial charge in [-0.05, 0) is 50.8 Å². The van der Waals surface area contributed by atoms with Gasteiger partial charge in [-0.2, -0.15) is 0 Å². The van der Waals surface area contributed by atoms with Crippen molar-refractivity contribution >= 4 is 16.7 Å². The zero-order chi connectivity index (χ0) is 18.2. The third-order valence-electron chi connectivity index (χ3n) is 6.93. The number of anilines is 1. The first-order valence-corrected chi connectivity index (χ1v) is 10.9. The lowest BCUT2D eigenvalue weighted by Gasteiger charge is -2.39. The molecule has 1 N–H and O–H groups in total. The van der Waals surface area contributed by atoms with Gasteiger partial charge in [0.15, 0.2) is 0 Å². The fourth-order valence-corrected chi connectivity index (χ4v) is 5.35. The summed E-state index contributed by atoms with van der Waals surface area (Å²) in [4.78, 5) is 10.5. The van der Waals surface area contributed by atoms with Gasteiger partial charge in [0.25, 0.3) is 0 Å². The topological polar surface area (TPSA) is 31.4 Å². The molecular weight excluding hydrogens is 332 g/mol. The summed E-state index contributed by atoms with van der Waals surface area (Å²) in [5, 5.41) is 5.11. The number of nitrogens with one attached hydrogen (secondary N) is 1. The van der Waals surface area contributed by atoms with Crippen molar-refractivity contribution in [3.8, 4) is 0 Å². The molecule has 27 heavy (non-hydrogen) atoms. The van der Waals surface area contributed by atoms with Crippen molar-refractivity contribution in [3.63, 3.8) is 0 Å². The summed E-state index contributed by atoms with van der Waals surface area (Å²) in [5.74, 6) is 1.23. The molecule has 1 aromatic carbocycles. The van der Waals surface area contributed by atoms with E-state index < -0.39 is 0 Å². The van der Waals surface area contributed by atoms with Crippen LogP contribution in [0.2, 0.25) is 0 Å². The number of nitrogens with zero attached hydrogens (tertiary/aromatic N) is 3. The molecule has 2 aromatic rings. The number of aryl methyl sites for hydroxylation is 1. The Morgan fingerprint density at radius 3 is 2.85 bits per heavy atom. The molecule has 2 saturated heterocycles. The highest BCUT2D eigenvalue weighted by atomic mass is 15.3. The maximum Gasteiger partial charge on any atom is 0.133 e. The first-order chi connectivity index (χ1) is 13.3. The first kappa shape index (κ1) is 17.4. The molecule has 3 heterocycles. The number of aromatic nitrogens is 1. The molecular formula is C23H32N4. The average Bonchev–Trinajstić information content (AvgIpc) is 3.37. The van der Waals surface area contributed by atoms with Gasteiger partial charge < -0.3 is 10.2 Å². The van der Waals surface area contributed by atoms with Crippen LogP contribution in [0, 0.1) is 6.92 Å². The first-order valence-electron chi connectivity index (χ1n) is 10.9. The zero-order valence-electron chi connectivity index (χ0n) is 16.6. The van der Waals surface area contributed by atoms with Crippen LogP contribution in [0.5, 0.6) is 0 Å². The maximum absolute atomic E-state index is 5.23. The van der Waals surface area contributed by atoms with Crippen molar-refractivity contribution in [2.45, 2.75) is 64.1 Å². The van der Waals surface area contributed by atoms with E-state index in [2.05, 4.69) is 46.3 Å². The van der Waals surface area contributed by atoms with Gasteiger partial charge in [-0.3, -0.25) is 4.90 Å². The van der Waals surface area contributed by atoms with Crippen LogP contribution < -0.4 is 10.2 Å². The van der Waals surface area contributed by atoms with Gasteiger partial charge in [0.05, 0.1) is 5.52 Å². The Labute approximate surface area is 162 Å². The number of fused-ring (bicyclic) bond motifs is 2. The van der Waals surface area contributed by atoms with Crippen molar-refractivity contribution in [2.75, 3.05) is 31.1 Å². The van der Waals surface area contributed by atoms with Crippen molar-refractivity contribution in [2.24, 2.45) is 0 Å². The molecule has 3 fully saturated rings. The molecule has 3 aliphatic rings. The normalized spacial score (nSPS) is 24.0. The molecule has 4 heteroatoms. The molecule has 1 unspecified atom stereocenters. The summed E-state index contributed by atoms with van der Waals surface area (Å²) in [7, 11) is 0. The molecule has 0 radical (unpaired) electrons. The predicted octanol–water partition coefficient (Wildman–Crippen LogP) is 3.86. The standard InChI is InChI=1S/C23H32N4/c1-17-6-4-7-18-14-19(15-24-20-8-2-3-9-20)23(25-22(17)18)27-13-12-26-11-5-10-21(26)16-27/h4,6-7,14,20-21,24H,2-3,5,8-13,15-16H2,1H3. The van der Waals surface area contributed by atoms with Crippen LogP contribution in [-0.2, 0) is 6.54 Å².